The lowest BCUT2D eigenvalue weighted by Gasteiger charge is -2.36. The van der Waals surface area contributed by atoms with Gasteiger partial charge in [0, 0.05) is 63.0 Å². The molecule has 1 aliphatic rings. The Hall–Kier alpha value is -1.17. The quantitative estimate of drug-likeness (QED) is 0.338. The molecule has 1 saturated heterocycles. The number of halogens is 1. The number of aliphatic imine (C=N–C) groups is 1. The fraction of sp³-hybridized carbons (Fsp3) is 0.600. The number of piperazine rings is 1. The molecule has 7 nitrogen and oxygen atoms in total. The first-order chi connectivity index (χ1) is 13.6. The zero-order valence-electron chi connectivity index (χ0n) is 17.9. The summed E-state index contributed by atoms with van der Waals surface area (Å²) >= 11 is 1.84. The number of aromatic nitrogens is 2. The molecule has 2 aromatic rings. The largest absolute Gasteiger partial charge is 0.357 e. The first-order valence-electron chi connectivity index (χ1n) is 9.99. The van der Waals surface area contributed by atoms with E-state index >= 15 is 0 Å². The molecule has 0 aliphatic carbocycles. The Morgan fingerprint density at radius 2 is 2.07 bits per heavy atom. The van der Waals surface area contributed by atoms with Gasteiger partial charge in [-0.25, -0.2) is 0 Å². The van der Waals surface area contributed by atoms with Gasteiger partial charge >= 0.3 is 0 Å². The van der Waals surface area contributed by atoms with Gasteiger partial charge in [0.25, 0.3) is 0 Å². The summed E-state index contributed by atoms with van der Waals surface area (Å²) in [7, 11) is 6.16. The van der Waals surface area contributed by atoms with Crippen molar-refractivity contribution in [3.05, 3.63) is 40.3 Å². The Bertz CT molecular complexity index is 736. The lowest BCUT2D eigenvalue weighted by molar-refractivity contribution is 0.173. The van der Waals surface area contributed by atoms with Crippen LogP contribution >= 0.6 is 35.3 Å². The molecule has 1 aliphatic heterocycles. The fourth-order valence-corrected chi connectivity index (χ4v) is 4.26. The van der Waals surface area contributed by atoms with Gasteiger partial charge in [-0.3, -0.25) is 14.6 Å². The Balaban J connectivity index is 0.00000300. The Morgan fingerprint density at radius 3 is 2.62 bits per heavy atom. The highest BCUT2D eigenvalue weighted by Crippen LogP contribution is 2.18. The van der Waals surface area contributed by atoms with Crippen LogP contribution in [0, 0.1) is 0 Å². The third-order valence-electron chi connectivity index (χ3n) is 5.11. The Kier molecular flexibility index (Phi) is 9.87. The summed E-state index contributed by atoms with van der Waals surface area (Å²) in [4.78, 5) is 13.6. The highest BCUT2D eigenvalue weighted by molar-refractivity contribution is 14.0. The molecule has 9 heteroatoms. The van der Waals surface area contributed by atoms with E-state index in [0.29, 0.717) is 0 Å². The van der Waals surface area contributed by atoms with Crippen molar-refractivity contribution in [3.8, 4) is 0 Å². The summed E-state index contributed by atoms with van der Waals surface area (Å²) in [6, 6.07) is 4.58. The third-order valence-corrected chi connectivity index (χ3v) is 5.97. The van der Waals surface area contributed by atoms with Gasteiger partial charge in [-0.1, -0.05) is 6.07 Å². The van der Waals surface area contributed by atoms with Crippen molar-refractivity contribution >= 4 is 41.3 Å². The summed E-state index contributed by atoms with van der Waals surface area (Å²) in [5.74, 6) is 1.02. The maximum absolute atomic E-state index is 4.98. The van der Waals surface area contributed by atoms with Crippen LogP contribution in [0.3, 0.4) is 0 Å². The van der Waals surface area contributed by atoms with Crippen molar-refractivity contribution < 1.29 is 0 Å². The molecule has 2 aromatic heterocycles. The van der Waals surface area contributed by atoms with E-state index in [0.717, 1.165) is 51.8 Å². The van der Waals surface area contributed by atoms with Crippen molar-refractivity contribution in [2.75, 3.05) is 53.4 Å². The number of likely N-dealkylation sites (N-methyl/N-ethyl adjacent to an activating group) is 1. The van der Waals surface area contributed by atoms with E-state index in [1.807, 2.05) is 29.3 Å². The van der Waals surface area contributed by atoms with E-state index in [9.17, 15) is 0 Å². The minimum absolute atomic E-state index is 0. The van der Waals surface area contributed by atoms with E-state index in [-0.39, 0.29) is 30.0 Å². The van der Waals surface area contributed by atoms with Gasteiger partial charge in [0.2, 0.25) is 0 Å². The van der Waals surface area contributed by atoms with Gasteiger partial charge < -0.3 is 15.1 Å². The number of nitrogens with one attached hydrogen (secondary N) is 1. The van der Waals surface area contributed by atoms with Crippen molar-refractivity contribution in [1.82, 2.24) is 29.8 Å². The number of guanidine groups is 1. The van der Waals surface area contributed by atoms with Gasteiger partial charge in [-0.15, -0.1) is 35.3 Å². The fourth-order valence-electron chi connectivity index (χ4n) is 3.52. The summed E-state index contributed by atoms with van der Waals surface area (Å²) < 4.78 is 1.85. The first kappa shape index (κ1) is 24.1. The predicted octanol–water partition coefficient (Wildman–Crippen LogP) is 2.49. The lowest BCUT2D eigenvalue weighted by Crippen LogP contribution is -2.52. The molecule has 3 rings (SSSR count). The zero-order chi connectivity index (χ0) is 19.9. The van der Waals surface area contributed by atoms with E-state index in [4.69, 9.17) is 4.99 Å². The molecule has 1 N–H and O–H groups in total. The minimum Gasteiger partial charge on any atom is -0.357 e. The SMILES string of the molecule is CCNC(=NCC(c1cnn(C)c1)N(C)C)N1CCN(Cc2cccs2)CC1.I. The maximum Gasteiger partial charge on any atom is 0.194 e. The van der Waals surface area contributed by atoms with Crippen molar-refractivity contribution in [2.24, 2.45) is 12.0 Å². The average Bonchev–Trinajstić information content (AvgIpc) is 3.33. The monoisotopic (exact) mass is 531 g/mol. The van der Waals surface area contributed by atoms with Crippen LogP contribution in [0.15, 0.2) is 34.9 Å². The van der Waals surface area contributed by atoms with Crippen LogP contribution in [0.5, 0.6) is 0 Å². The summed E-state index contributed by atoms with van der Waals surface area (Å²) in [6.45, 7) is 8.96. The van der Waals surface area contributed by atoms with Crippen LogP contribution in [0.25, 0.3) is 0 Å². The second kappa shape index (κ2) is 11.9. The summed E-state index contributed by atoms with van der Waals surface area (Å²) in [5.41, 5.74) is 1.20. The molecule has 1 fully saturated rings. The molecular formula is C20H34IN7S. The average molecular weight is 532 g/mol. The molecule has 3 heterocycles. The van der Waals surface area contributed by atoms with Crippen LogP contribution in [-0.4, -0.2) is 83.8 Å². The summed E-state index contributed by atoms with van der Waals surface area (Å²) in [5, 5.41) is 9.96. The van der Waals surface area contributed by atoms with Crippen LogP contribution in [-0.2, 0) is 13.6 Å². The Morgan fingerprint density at radius 1 is 1.31 bits per heavy atom. The minimum atomic E-state index is 0. The van der Waals surface area contributed by atoms with Gasteiger partial charge in [0.15, 0.2) is 5.96 Å². The number of hydrogen-bond donors (Lipinski definition) is 1. The van der Waals surface area contributed by atoms with E-state index in [1.54, 1.807) is 0 Å². The van der Waals surface area contributed by atoms with Gasteiger partial charge in [0.05, 0.1) is 18.8 Å². The molecule has 0 bridgehead atoms. The molecule has 162 valence electrons. The molecule has 0 radical (unpaired) electrons. The van der Waals surface area contributed by atoms with Crippen LogP contribution in [0.4, 0.5) is 0 Å². The number of rotatable bonds is 7. The highest BCUT2D eigenvalue weighted by atomic mass is 127. The molecule has 0 aromatic carbocycles. The summed E-state index contributed by atoms with van der Waals surface area (Å²) in [6.07, 6.45) is 4.02. The van der Waals surface area contributed by atoms with Gasteiger partial charge in [-0.05, 0) is 32.5 Å². The Labute approximate surface area is 195 Å². The van der Waals surface area contributed by atoms with Gasteiger partial charge in [0.1, 0.15) is 0 Å². The molecule has 1 unspecified atom stereocenters. The second-order valence-electron chi connectivity index (χ2n) is 7.46. The predicted molar refractivity (Wildman–Crippen MR) is 132 cm³/mol. The van der Waals surface area contributed by atoms with Crippen LogP contribution in [0.2, 0.25) is 0 Å². The van der Waals surface area contributed by atoms with E-state index < -0.39 is 0 Å². The van der Waals surface area contributed by atoms with E-state index in [2.05, 4.69) is 69.8 Å². The van der Waals surface area contributed by atoms with Crippen LogP contribution < -0.4 is 5.32 Å². The maximum atomic E-state index is 4.98. The van der Waals surface area contributed by atoms with Crippen molar-refractivity contribution in [1.29, 1.82) is 0 Å². The number of nitrogens with zero attached hydrogens (tertiary/aromatic N) is 6. The zero-order valence-corrected chi connectivity index (χ0v) is 21.1. The molecular weight excluding hydrogens is 497 g/mol. The standard InChI is InChI=1S/C20H33N7S.HI/c1-5-21-20(22-14-19(24(2)3)17-13-23-25(4)15-17)27-10-8-26(9-11-27)16-18-7-6-12-28-18;/h6-7,12-13,15,19H,5,8-11,14,16H2,1-4H3,(H,21,22);1H. The highest BCUT2D eigenvalue weighted by Gasteiger charge is 2.21. The molecule has 29 heavy (non-hydrogen) atoms. The van der Waals surface area contributed by atoms with Crippen molar-refractivity contribution in [3.63, 3.8) is 0 Å². The second-order valence-corrected chi connectivity index (χ2v) is 8.50. The van der Waals surface area contributed by atoms with Crippen molar-refractivity contribution in [2.45, 2.75) is 19.5 Å². The topological polar surface area (TPSA) is 51.9 Å². The smallest absolute Gasteiger partial charge is 0.194 e. The molecule has 0 amide bonds. The third kappa shape index (κ3) is 6.94. The lowest BCUT2D eigenvalue weighted by atomic mass is 10.1. The van der Waals surface area contributed by atoms with Crippen LogP contribution in [0.1, 0.15) is 23.4 Å². The molecule has 0 saturated carbocycles. The first-order valence-corrected chi connectivity index (χ1v) is 10.9. The van der Waals surface area contributed by atoms with Gasteiger partial charge in [-0.2, -0.15) is 5.10 Å². The molecule has 0 spiro atoms. The number of aryl methyl sites for hydroxylation is 1. The van der Waals surface area contributed by atoms with E-state index in [1.165, 1.54) is 10.4 Å². The molecule has 1 atom stereocenters. The number of thiophene rings is 1. The normalized spacial score (nSPS) is 16.7. The number of hydrogen-bond acceptors (Lipinski definition) is 5.